The van der Waals surface area contributed by atoms with Gasteiger partial charge in [-0.15, -0.1) is 0 Å². The van der Waals surface area contributed by atoms with E-state index in [0.717, 1.165) is 6.07 Å². The predicted molar refractivity (Wildman–Crippen MR) is 94.0 cm³/mol. The number of benzene rings is 2. The molecule has 0 aliphatic carbocycles. The molecule has 0 unspecified atom stereocenters. The summed E-state index contributed by atoms with van der Waals surface area (Å²) in [5.41, 5.74) is 0.718. The molecule has 0 radical (unpaired) electrons. The summed E-state index contributed by atoms with van der Waals surface area (Å²) in [6.45, 7) is 3.34. The summed E-state index contributed by atoms with van der Waals surface area (Å²) in [6.07, 6.45) is 0. The number of hydrogen-bond donors (Lipinski definition) is 2. The lowest BCUT2D eigenvalue weighted by atomic mass is 10.1. The average molecular weight is 369 g/mol. The quantitative estimate of drug-likeness (QED) is 0.799. The van der Waals surface area contributed by atoms with Crippen LogP contribution in [-0.2, 0) is 4.79 Å². The zero-order chi connectivity index (χ0) is 18.6. The average Bonchev–Trinajstić information content (AvgIpc) is 2.54. The Labute approximate surface area is 150 Å². The van der Waals surface area contributed by atoms with Gasteiger partial charge in [0, 0.05) is 22.7 Å². The number of carbonyl (C=O) groups is 1. The Hall–Kier alpha value is -2.18. The van der Waals surface area contributed by atoms with Gasteiger partial charge in [-0.25, -0.2) is 8.78 Å². The molecule has 7 heteroatoms. The van der Waals surface area contributed by atoms with Crippen molar-refractivity contribution in [2.75, 3.05) is 12.4 Å². The van der Waals surface area contributed by atoms with Crippen molar-refractivity contribution in [1.29, 1.82) is 0 Å². The Bertz CT molecular complexity index is 771. The minimum Gasteiger partial charge on any atom is -0.495 e. The highest BCUT2D eigenvalue weighted by atomic mass is 35.5. The number of halogens is 3. The van der Waals surface area contributed by atoms with Crippen LogP contribution in [0.25, 0.3) is 0 Å². The minimum atomic E-state index is -0.663. The van der Waals surface area contributed by atoms with Gasteiger partial charge in [0.1, 0.15) is 17.4 Å². The van der Waals surface area contributed by atoms with Gasteiger partial charge < -0.3 is 10.1 Å². The molecule has 2 aromatic carbocycles. The van der Waals surface area contributed by atoms with Crippen molar-refractivity contribution in [3.8, 4) is 5.75 Å². The van der Waals surface area contributed by atoms with E-state index in [1.165, 1.54) is 19.2 Å². The molecule has 2 rings (SSSR count). The van der Waals surface area contributed by atoms with Crippen LogP contribution in [0.1, 0.15) is 25.5 Å². The van der Waals surface area contributed by atoms with Gasteiger partial charge in [-0.1, -0.05) is 17.7 Å². The van der Waals surface area contributed by atoms with Crippen LogP contribution >= 0.6 is 11.6 Å². The fraction of sp³-hybridized carbons (Fsp3) is 0.278. The smallest absolute Gasteiger partial charge is 0.241 e. The van der Waals surface area contributed by atoms with Crippen LogP contribution in [-0.4, -0.2) is 19.1 Å². The Morgan fingerprint density at radius 3 is 2.52 bits per heavy atom. The molecule has 0 saturated carbocycles. The number of hydrogen-bond acceptors (Lipinski definition) is 3. The van der Waals surface area contributed by atoms with E-state index in [9.17, 15) is 13.6 Å². The Morgan fingerprint density at radius 2 is 1.88 bits per heavy atom. The first kappa shape index (κ1) is 19.1. The molecule has 25 heavy (non-hydrogen) atoms. The molecule has 2 atom stereocenters. The summed E-state index contributed by atoms with van der Waals surface area (Å²) in [4.78, 5) is 12.4. The maximum atomic E-state index is 13.8. The van der Waals surface area contributed by atoms with Gasteiger partial charge in [-0.2, -0.15) is 0 Å². The number of carbonyl (C=O) groups excluding carboxylic acids is 1. The van der Waals surface area contributed by atoms with Crippen molar-refractivity contribution >= 4 is 23.2 Å². The molecule has 0 spiro atoms. The topological polar surface area (TPSA) is 50.4 Å². The summed E-state index contributed by atoms with van der Waals surface area (Å²) in [5.74, 6) is -1.17. The molecule has 2 N–H and O–H groups in total. The number of nitrogens with one attached hydrogen (secondary N) is 2. The number of anilines is 1. The fourth-order valence-corrected chi connectivity index (χ4v) is 2.58. The second-order valence-electron chi connectivity index (χ2n) is 5.61. The first-order valence-electron chi connectivity index (χ1n) is 7.67. The van der Waals surface area contributed by atoms with Crippen molar-refractivity contribution in [2.24, 2.45) is 0 Å². The van der Waals surface area contributed by atoms with Gasteiger partial charge in [-0.05, 0) is 38.1 Å². The van der Waals surface area contributed by atoms with Crippen molar-refractivity contribution in [3.05, 3.63) is 58.6 Å². The lowest BCUT2D eigenvalue weighted by molar-refractivity contribution is -0.118. The van der Waals surface area contributed by atoms with Crippen LogP contribution in [0.15, 0.2) is 36.4 Å². The lowest BCUT2D eigenvalue weighted by Crippen LogP contribution is -2.39. The van der Waals surface area contributed by atoms with E-state index in [0.29, 0.717) is 16.5 Å². The molecule has 0 saturated heterocycles. The highest BCUT2D eigenvalue weighted by molar-refractivity contribution is 6.31. The zero-order valence-electron chi connectivity index (χ0n) is 14.1. The van der Waals surface area contributed by atoms with E-state index in [2.05, 4.69) is 10.6 Å². The van der Waals surface area contributed by atoms with E-state index in [1.54, 1.807) is 32.0 Å². The van der Waals surface area contributed by atoms with Crippen LogP contribution in [0.4, 0.5) is 14.5 Å². The first-order valence-corrected chi connectivity index (χ1v) is 8.05. The Balaban J connectivity index is 2.06. The first-order chi connectivity index (χ1) is 11.8. The Kier molecular flexibility index (Phi) is 6.33. The Morgan fingerprint density at radius 1 is 1.16 bits per heavy atom. The normalized spacial score (nSPS) is 13.2. The van der Waals surface area contributed by atoms with Crippen LogP contribution in [0, 0.1) is 11.6 Å². The van der Waals surface area contributed by atoms with Crippen molar-refractivity contribution in [1.82, 2.24) is 5.32 Å². The molecule has 0 heterocycles. The van der Waals surface area contributed by atoms with E-state index in [-0.39, 0.29) is 11.5 Å². The third kappa shape index (κ3) is 4.90. The summed E-state index contributed by atoms with van der Waals surface area (Å²) < 4.78 is 32.0. The van der Waals surface area contributed by atoms with Crippen LogP contribution in [0.2, 0.25) is 5.02 Å². The lowest BCUT2D eigenvalue weighted by Gasteiger charge is -2.21. The number of methoxy groups -OCH3 is 1. The van der Waals surface area contributed by atoms with Crippen molar-refractivity contribution < 1.29 is 18.3 Å². The second-order valence-corrected chi connectivity index (χ2v) is 6.05. The summed E-state index contributed by atoms with van der Waals surface area (Å²) in [5, 5.41) is 6.16. The largest absolute Gasteiger partial charge is 0.495 e. The summed E-state index contributed by atoms with van der Waals surface area (Å²) >= 11 is 5.94. The SMILES string of the molecule is COc1ccc(Cl)cc1NC(=O)[C@H](C)N[C@H](C)c1ccc(F)cc1F. The highest BCUT2D eigenvalue weighted by Crippen LogP contribution is 2.28. The molecule has 0 aromatic heterocycles. The number of rotatable bonds is 6. The molecule has 0 fully saturated rings. The molecular weight excluding hydrogens is 350 g/mol. The third-order valence-corrected chi connectivity index (χ3v) is 3.98. The van der Waals surface area contributed by atoms with Gasteiger partial charge in [0.05, 0.1) is 18.8 Å². The van der Waals surface area contributed by atoms with Crippen molar-refractivity contribution in [3.63, 3.8) is 0 Å². The molecule has 4 nitrogen and oxygen atoms in total. The number of amides is 1. The van der Waals surface area contributed by atoms with E-state index >= 15 is 0 Å². The summed E-state index contributed by atoms with van der Waals surface area (Å²) in [7, 11) is 1.49. The van der Waals surface area contributed by atoms with Crippen LogP contribution in [0.5, 0.6) is 5.75 Å². The minimum absolute atomic E-state index is 0.279. The molecule has 0 aliphatic heterocycles. The molecule has 0 bridgehead atoms. The third-order valence-electron chi connectivity index (χ3n) is 3.74. The summed E-state index contributed by atoms with van der Waals surface area (Å²) in [6, 6.07) is 7.10. The molecule has 134 valence electrons. The molecule has 2 aromatic rings. The highest BCUT2D eigenvalue weighted by Gasteiger charge is 2.20. The van der Waals surface area contributed by atoms with Crippen LogP contribution in [0.3, 0.4) is 0 Å². The predicted octanol–water partition coefficient (Wildman–Crippen LogP) is 4.30. The fourth-order valence-electron chi connectivity index (χ4n) is 2.41. The van der Waals surface area contributed by atoms with Gasteiger partial charge in [0.25, 0.3) is 0 Å². The van der Waals surface area contributed by atoms with E-state index < -0.39 is 23.7 Å². The van der Waals surface area contributed by atoms with Gasteiger partial charge >= 0.3 is 0 Å². The molecule has 0 aliphatic rings. The van der Waals surface area contributed by atoms with Crippen LogP contribution < -0.4 is 15.4 Å². The van der Waals surface area contributed by atoms with Gasteiger partial charge in [-0.3, -0.25) is 10.1 Å². The monoisotopic (exact) mass is 368 g/mol. The second kappa shape index (κ2) is 8.27. The maximum Gasteiger partial charge on any atom is 0.241 e. The maximum absolute atomic E-state index is 13.8. The zero-order valence-corrected chi connectivity index (χ0v) is 14.8. The van der Waals surface area contributed by atoms with E-state index in [1.807, 2.05) is 0 Å². The molecule has 1 amide bonds. The molecular formula is C18H19ClF2N2O2. The standard InChI is InChI=1S/C18H19ClF2N2O2/c1-10(14-6-5-13(20)9-15(14)21)22-11(2)18(24)23-16-8-12(19)4-7-17(16)25-3/h4-11,22H,1-3H3,(H,23,24)/t10-,11+/m1/s1. The van der Waals surface area contributed by atoms with Gasteiger partial charge in [0.2, 0.25) is 5.91 Å². The van der Waals surface area contributed by atoms with E-state index in [4.69, 9.17) is 16.3 Å². The number of ether oxygens (including phenoxy) is 1. The van der Waals surface area contributed by atoms with Gasteiger partial charge in [0.15, 0.2) is 0 Å². The van der Waals surface area contributed by atoms with Crippen molar-refractivity contribution in [2.45, 2.75) is 25.9 Å².